The molecule has 0 aliphatic carbocycles. The first-order valence-corrected chi connectivity index (χ1v) is 7.89. The second-order valence-electron chi connectivity index (χ2n) is 5.80. The minimum atomic E-state index is -0.103. The van der Waals surface area contributed by atoms with Crippen LogP contribution >= 0.6 is 0 Å². The maximum absolute atomic E-state index is 11.9. The zero-order chi connectivity index (χ0) is 15.6. The normalized spacial score (nSPS) is 19.4. The molecule has 1 aromatic heterocycles. The van der Waals surface area contributed by atoms with Crippen LogP contribution in [0.4, 0.5) is 0 Å². The summed E-state index contributed by atoms with van der Waals surface area (Å²) in [6.07, 6.45) is 2.81. The van der Waals surface area contributed by atoms with E-state index in [1.807, 2.05) is 18.2 Å². The highest BCUT2D eigenvalue weighted by atomic mass is 16.5. The van der Waals surface area contributed by atoms with Gasteiger partial charge in [-0.15, -0.1) is 0 Å². The molecule has 0 radical (unpaired) electrons. The molecule has 120 valence electrons. The first-order valence-electron chi connectivity index (χ1n) is 7.89. The molecule has 7 nitrogen and oxygen atoms in total. The predicted octanol–water partition coefficient (Wildman–Crippen LogP) is 1.04. The Morgan fingerprint density at radius 3 is 3.26 bits per heavy atom. The van der Waals surface area contributed by atoms with Gasteiger partial charge in [0.2, 0.25) is 17.6 Å². The van der Waals surface area contributed by atoms with Crippen LogP contribution in [0.3, 0.4) is 0 Å². The van der Waals surface area contributed by atoms with Gasteiger partial charge in [0.15, 0.2) is 0 Å². The molecular formula is C16H18N4O3. The number of aromatic nitrogens is 2. The SMILES string of the molecule is O=C(NCc1nc(-c2ccc3c(c2)CCO3)no1)C1CCCN1. The summed E-state index contributed by atoms with van der Waals surface area (Å²) in [4.78, 5) is 16.3. The fraction of sp³-hybridized carbons (Fsp3) is 0.438. The third-order valence-corrected chi connectivity index (χ3v) is 4.21. The highest BCUT2D eigenvalue weighted by Gasteiger charge is 2.22. The Labute approximate surface area is 133 Å². The second-order valence-corrected chi connectivity index (χ2v) is 5.80. The monoisotopic (exact) mass is 314 g/mol. The molecule has 0 bridgehead atoms. The number of hydrogen-bond acceptors (Lipinski definition) is 6. The lowest BCUT2D eigenvalue weighted by molar-refractivity contribution is -0.123. The largest absolute Gasteiger partial charge is 0.493 e. The lowest BCUT2D eigenvalue weighted by Gasteiger charge is -2.08. The van der Waals surface area contributed by atoms with Crippen molar-refractivity contribution >= 4 is 5.91 Å². The summed E-state index contributed by atoms with van der Waals surface area (Å²) >= 11 is 0. The van der Waals surface area contributed by atoms with E-state index in [0.29, 0.717) is 11.7 Å². The maximum atomic E-state index is 11.9. The molecule has 2 aliphatic heterocycles. The highest BCUT2D eigenvalue weighted by Crippen LogP contribution is 2.29. The van der Waals surface area contributed by atoms with Gasteiger partial charge in [0.25, 0.3) is 0 Å². The van der Waals surface area contributed by atoms with Gasteiger partial charge < -0.3 is 19.9 Å². The van der Waals surface area contributed by atoms with Gasteiger partial charge in [-0.25, -0.2) is 0 Å². The van der Waals surface area contributed by atoms with Crippen molar-refractivity contribution in [1.29, 1.82) is 0 Å². The lowest BCUT2D eigenvalue weighted by Crippen LogP contribution is -2.40. The van der Waals surface area contributed by atoms with Crippen LogP contribution < -0.4 is 15.4 Å². The van der Waals surface area contributed by atoms with E-state index < -0.39 is 0 Å². The summed E-state index contributed by atoms with van der Waals surface area (Å²) in [5.41, 5.74) is 2.06. The number of nitrogens with one attached hydrogen (secondary N) is 2. The Balaban J connectivity index is 1.41. The Hall–Kier alpha value is -2.41. The van der Waals surface area contributed by atoms with E-state index in [0.717, 1.165) is 49.3 Å². The molecule has 7 heteroatoms. The van der Waals surface area contributed by atoms with Gasteiger partial charge in [-0.2, -0.15) is 4.98 Å². The summed E-state index contributed by atoms with van der Waals surface area (Å²) in [6.45, 7) is 1.86. The average Bonchev–Trinajstić information content (AvgIpc) is 3.32. The molecule has 1 unspecified atom stereocenters. The third-order valence-electron chi connectivity index (χ3n) is 4.21. The second kappa shape index (κ2) is 6.00. The van der Waals surface area contributed by atoms with Crippen LogP contribution in [-0.2, 0) is 17.8 Å². The Kier molecular flexibility index (Phi) is 3.70. The van der Waals surface area contributed by atoms with Crippen LogP contribution in [-0.4, -0.2) is 35.2 Å². The summed E-state index contributed by atoms with van der Waals surface area (Å²) in [7, 11) is 0. The van der Waals surface area contributed by atoms with Crippen LogP contribution in [0.25, 0.3) is 11.4 Å². The Morgan fingerprint density at radius 2 is 2.39 bits per heavy atom. The van der Waals surface area contributed by atoms with Crippen molar-refractivity contribution in [2.75, 3.05) is 13.2 Å². The number of benzene rings is 1. The van der Waals surface area contributed by atoms with E-state index in [-0.39, 0.29) is 18.5 Å². The van der Waals surface area contributed by atoms with Crippen molar-refractivity contribution in [3.8, 4) is 17.1 Å². The fourth-order valence-corrected chi connectivity index (χ4v) is 2.96. The van der Waals surface area contributed by atoms with E-state index >= 15 is 0 Å². The van der Waals surface area contributed by atoms with Gasteiger partial charge in [0.05, 0.1) is 19.2 Å². The number of carbonyl (C=O) groups is 1. The van der Waals surface area contributed by atoms with Gasteiger partial charge in [0, 0.05) is 12.0 Å². The number of hydrogen-bond donors (Lipinski definition) is 2. The van der Waals surface area contributed by atoms with E-state index in [4.69, 9.17) is 9.26 Å². The molecule has 1 amide bonds. The molecule has 0 saturated carbocycles. The number of carbonyl (C=O) groups excluding carboxylic acids is 1. The van der Waals surface area contributed by atoms with Crippen LogP contribution in [0.2, 0.25) is 0 Å². The molecule has 1 saturated heterocycles. The molecule has 3 heterocycles. The number of fused-ring (bicyclic) bond motifs is 1. The lowest BCUT2D eigenvalue weighted by atomic mass is 10.1. The zero-order valence-corrected chi connectivity index (χ0v) is 12.7. The molecule has 2 aliphatic rings. The van der Waals surface area contributed by atoms with Gasteiger partial charge in [-0.05, 0) is 43.1 Å². The number of ether oxygens (including phenoxy) is 1. The Morgan fingerprint density at radius 1 is 1.43 bits per heavy atom. The number of rotatable bonds is 4. The van der Waals surface area contributed by atoms with E-state index in [9.17, 15) is 4.79 Å². The van der Waals surface area contributed by atoms with Crippen LogP contribution in [0, 0.1) is 0 Å². The Bertz CT molecular complexity index is 722. The minimum absolute atomic E-state index is 0.0167. The summed E-state index contributed by atoms with van der Waals surface area (Å²) < 4.78 is 10.7. The summed E-state index contributed by atoms with van der Waals surface area (Å²) in [6, 6.07) is 5.77. The van der Waals surface area contributed by atoms with Crippen molar-refractivity contribution in [2.24, 2.45) is 0 Å². The van der Waals surface area contributed by atoms with Crippen LogP contribution in [0.15, 0.2) is 22.7 Å². The van der Waals surface area contributed by atoms with E-state index in [1.54, 1.807) is 0 Å². The van der Waals surface area contributed by atoms with Gasteiger partial charge in [0.1, 0.15) is 5.75 Å². The molecule has 4 rings (SSSR count). The first-order chi connectivity index (χ1) is 11.3. The van der Waals surface area contributed by atoms with E-state index in [1.165, 1.54) is 0 Å². The quantitative estimate of drug-likeness (QED) is 0.876. The average molecular weight is 314 g/mol. The van der Waals surface area contributed by atoms with Crippen LogP contribution in [0.1, 0.15) is 24.3 Å². The molecule has 2 N–H and O–H groups in total. The van der Waals surface area contributed by atoms with Crippen molar-refractivity contribution in [1.82, 2.24) is 20.8 Å². The third kappa shape index (κ3) is 2.92. The molecule has 2 aromatic rings. The fourth-order valence-electron chi connectivity index (χ4n) is 2.96. The molecule has 0 spiro atoms. The maximum Gasteiger partial charge on any atom is 0.246 e. The molecule has 1 aromatic carbocycles. The number of nitrogens with zero attached hydrogens (tertiary/aromatic N) is 2. The molecule has 1 atom stereocenters. The van der Waals surface area contributed by atoms with Crippen molar-refractivity contribution in [3.05, 3.63) is 29.7 Å². The van der Waals surface area contributed by atoms with Gasteiger partial charge >= 0.3 is 0 Å². The van der Waals surface area contributed by atoms with E-state index in [2.05, 4.69) is 20.8 Å². The standard InChI is InChI=1S/C16H18N4O3/c21-16(12-2-1-6-17-12)18-9-14-19-15(20-23-14)11-3-4-13-10(8-11)5-7-22-13/h3-4,8,12,17H,1-2,5-7,9H2,(H,18,21). The van der Waals surface area contributed by atoms with Gasteiger partial charge in [-0.1, -0.05) is 5.16 Å². The minimum Gasteiger partial charge on any atom is -0.493 e. The van der Waals surface area contributed by atoms with Crippen molar-refractivity contribution < 1.29 is 14.1 Å². The first kappa shape index (κ1) is 14.2. The van der Waals surface area contributed by atoms with Gasteiger partial charge in [-0.3, -0.25) is 4.79 Å². The smallest absolute Gasteiger partial charge is 0.246 e. The highest BCUT2D eigenvalue weighted by molar-refractivity contribution is 5.81. The van der Waals surface area contributed by atoms with Crippen molar-refractivity contribution in [3.63, 3.8) is 0 Å². The van der Waals surface area contributed by atoms with Crippen molar-refractivity contribution in [2.45, 2.75) is 31.8 Å². The molecule has 23 heavy (non-hydrogen) atoms. The van der Waals surface area contributed by atoms with Crippen LogP contribution in [0.5, 0.6) is 5.75 Å². The molecule has 1 fully saturated rings. The predicted molar refractivity (Wildman–Crippen MR) is 81.8 cm³/mol. The zero-order valence-electron chi connectivity index (χ0n) is 12.7. The summed E-state index contributed by atoms with van der Waals surface area (Å²) in [5, 5.41) is 9.98. The number of amides is 1. The topological polar surface area (TPSA) is 89.3 Å². The summed E-state index contributed by atoms with van der Waals surface area (Å²) in [5.74, 6) is 1.84. The molecular weight excluding hydrogens is 296 g/mol.